The summed E-state index contributed by atoms with van der Waals surface area (Å²) in [6.45, 7) is 1.13. The first-order chi connectivity index (χ1) is 13.6. The molecule has 2 N–H and O–H groups in total. The molecule has 148 valence electrons. The van der Waals surface area contributed by atoms with Crippen molar-refractivity contribution >= 4 is 11.8 Å². The normalized spacial score (nSPS) is 19.8. The molecule has 2 aliphatic rings. The number of hydrogen-bond donors (Lipinski definition) is 2. The molecule has 0 radical (unpaired) electrons. The topological polar surface area (TPSA) is 63.1 Å². The highest BCUT2D eigenvalue weighted by atomic mass is 19.1. The lowest BCUT2D eigenvalue weighted by Crippen LogP contribution is -2.41. The molecule has 1 aromatic heterocycles. The van der Waals surface area contributed by atoms with Crippen molar-refractivity contribution in [3.8, 4) is 11.1 Å². The van der Waals surface area contributed by atoms with Gasteiger partial charge in [0.1, 0.15) is 11.5 Å². The van der Waals surface area contributed by atoms with Crippen molar-refractivity contribution in [2.75, 3.05) is 13.1 Å². The van der Waals surface area contributed by atoms with E-state index in [1.807, 2.05) is 4.57 Å². The van der Waals surface area contributed by atoms with Crippen molar-refractivity contribution in [2.45, 2.75) is 44.6 Å². The van der Waals surface area contributed by atoms with Crippen molar-refractivity contribution in [1.82, 2.24) is 15.2 Å². The number of aromatic nitrogens is 1. The molecule has 5 nitrogen and oxygen atoms in total. The summed E-state index contributed by atoms with van der Waals surface area (Å²) in [6, 6.07) is 8.04. The second kappa shape index (κ2) is 8.17. The minimum atomic E-state index is -0.326. The predicted molar refractivity (Wildman–Crippen MR) is 105 cm³/mol. The molecule has 0 spiro atoms. The molecule has 0 saturated heterocycles. The maximum atomic E-state index is 14.1. The third-order valence-electron chi connectivity index (χ3n) is 5.89. The molecule has 0 bridgehead atoms. The smallest absolute Gasteiger partial charge is 0.268 e. The van der Waals surface area contributed by atoms with Gasteiger partial charge in [-0.05, 0) is 30.9 Å². The van der Waals surface area contributed by atoms with Gasteiger partial charge in [-0.1, -0.05) is 37.5 Å². The van der Waals surface area contributed by atoms with Gasteiger partial charge in [0.2, 0.25) is 5.91 Å². The monoisotopic (exact) mass is 383 g/mol. The summed E-state index contributed by atoms with van der Waals surface area (Å²) in [7, 11) is 0. The summed E-state index contributed by atoms with van der Waals surface area (Å²) < 4.78 is 16.0. The fourth-order valence-corrected chi connectivity index (χ4v) is 4.31. The Balaban J connectivity index is 1.46. The highest BCUT2D eigenvalue weighted by Crippen LogP contribution is 2.29. The number of amides is 2. The van der Waals surface area contributed by atoms with E-state index in [0.29, 0.717) is 35.7 Å². The van der Waals surface area contributed by atoms with Crippen LogP contribution in [0.3, 0.4) is 0 Å². The Hall–Kier alpha value is -2.63. The molecular formula is C22H26FN3O2. The Morgan fingerprint density at radius 2 is 2.00 bits per heavy atom. The van der Waals surface area contributed by atoms with Gasteiger partial charge in [-0.2, -0.15) is 0 Å². The van der Waals surface area contributed by atoms with E-state index in [9.17, 15) is 14.0 Å². The Bertz CT molecular complexity index is 870. The molecule has 1 atom stereocenters. The van der Waals surface area contributed by atoms with Crippen LogP contribution >= 0.6 is 0 Å². The van der Waals surface area contributed by atoms with E-state index < -0.39 is 0 Å². The van der Waals surface area contributed by atoms with Crippen molar-refractivity contribution in [2.24, 2.45) is 5.92 Å². The maximum Gasteiger partial charge on any atom is 0.268 e. The molecular weight excluding hydrogens is 357 g/mol. The van der Waals surface area contributed by atoms with Crippen molar-refractivity contribution in [3.05, 3.63) is 48.0 Å². The molecule has 6 heteroatoms. The molecule has 4 rings (SSSR count). The highest BCUT2D eigenvalue weighted by molar-refractivity contribution is 5.95. The fourth-order valence-electron chi connectivity index (χ4n) is 4.31. The SMILES string of the molecule is O=C(CC1CNC(=O)c2cc(-c3ccccc3F)cn21)NCC1CCCCC1. The number of benzene rings is 1. The second-order valence-corrected chi connectivity index (χ2v) is 7.88. The van der Waals surface area contributed by atoms with E-state index in [-0.39, 0.29) is 23.7 Å². The van der Waals surface area contributed by atoms with Gasteiger partial charge in [0, 0.05) is 36.8 Å². The first kappa shape index (κ1) is 18.7. The van der Waals surface area contributed by atoms with Gasteiger partial charge >= 0.3 is 0 Å². The van der Waals surface area contributed by atoms with Crippen LogP contribution in [-0.4, -0.2) is 29.5 Å². The minimum Gasteiger partial charge on any atom is -0.356 e. The Kier molecular flexibility index (Phi) is 5.46. The average Bonchev–Trinajstić information content (AvgIpc) is 3.16. The Morgan fingerprint density at radius 3 is 2.79 bits per heavy atom. The van der Waals surface area contributed by atoms with Crippen LogP contribution in [0.15, 0.2) is 36.5 Å². The summed E-state index contributed by atoms with van der Waals surface area (Å²) in [6.07, 6.45) is 8.26. The lowest BCUT2D eigenvalue weighted by molar-refractivity contribution is -0.122. The first-order valence-corrected chi connectivity index (χ1v) is 10.1. The quantitative estimate of drug-likeness (QED) is 0.828. The van der Waals surface area contributed by atoms with Gasteiger partial charge in [0.05, 0.1) is 6.04 Å². The van der Waals surface area contributed by atoms with Crippen LogP contribution in [0.25, 0.3) is 11.1 Å². The molecule has 28 heavy (non-hydrogen) atoms. The predicted octanol–water partition coefficient (Wildman–Crippen LogP) is 3.67. The summed E-state index contributed by atoms with van der Waals surface area (Å²) in [4.78, 5) is 24.7. The Morgan fingerprint density at radius 1 is 1.21 bits per heavy atom. The number of nitrogens with one attached hydrogen (secondary N) is 2. The summed E-state index contributed by atoms with van der Waals surface area (Å²) in [5.74, 6) is 0.0615. The van der Waals surface area contributed by atoms with Gasteiger partial charge in [0.15, 0.2) is 0 Å². The van der Waals surface area contributed by atoms with Crippen LogP contribution in [0.4, 0.5) is 4.39 Å². The van der Waals surface area contributed by atoms with Crippen LogP contribution in [0.5, 0.6) is 0 Å². The zero-order valence-electron chi connectivity index (χ0n) is 15.9. The van der Waals surface area contributed by atoms with Crippen LogP contribution < -0.4 is 10.6 Å². The third kappa shape index (κ3) is 3.96. The van der Waals surface area contributed by atoms with Gasteiger partial charge in [-0.25, -0.2) is 4.39 Å². The maximum absolute atomic E-state index is 14.1. The Labute approximate surface area is 164 Å². The number of halogens is 1. The molecule has 2 aromatic rings. The fraction of sp³-hybridized carbons (Fsp3) is 0.455. The van der Waals surface area contributed by atoms with Crippen molar-refractivity contribution < 1.29 is 14.0 Å². The summed E-state index contributed by atoms with van der Waals surface area (Å²) in [5, 5.41) is 5.91. The zero-order chi connectivity index (χ0) is 19.5. The highest BCUT2D eigenvalue weighted by Gasteiger charge is 2.28. The van der Waals surface area contributed by atoms with Crippen molar-refractivity contribution in [3.63, 3.8) is 0 Å². The molecule has 1 aromatic carbocycles. The molecule has 1 saturated carbocycles. The number of fused-ring (bicyclic) bond motifs is 1. The van der Waals surface area contributed by atoms with Crippen LogP contribution in [0.2, 0.25) is 0 Å². The van der Waals surface area contributed by atoms with Crippen LogP contribution in [-0.2, 0) is 4.79 Å². The van der Waals surface area contributed by atoms with E-state index in [4.69, 9.17) is 0 Å². The minimum absolute atomic E-state index is 0.00110. The van der Waals surface area contributed by atoms with Crippen LogP contribution in [0, 0.1) is 11.7 Å². The lowest BCUT2D eigenvalue weighted by atomic mass is 9.89. The van der Waals surface area contributed by atoms with E-state index in [0.717, 1.165) is 6.54 Å². The molecule has 1 unspecified atom stereocenters. The first-order valence-electron chi connectivity index (χ1n) is 10.1. The average molecular weight is 383 g/mol. The van der Waals surface area contributed by atoms with E-state index >= 15 is 0 Å². The van der Waals surface area contributed by atoms with E-state index in [1.54, 1.807) is 30.5 Å². The standard InChI is InChI=1S/C22H26FN3O2/c23-19-9-5-4-8-18(19)16-10-20-22(28)25-13-17(26(20)14-16)11-21(27)24-12-15-6-2-1-3-7-15/h4-5,8-10,14-15,17H,1-3,6-7,11-13H2,(H,24,27)(H,25,28). The summed E-state index contributed by atoms with van der Waals surface area (Å²) in [5.41, 5.74) is 1.57. The molecule has 1 aliphatic heterocycles. The van der Waals surface area contributed by atoms with Gasteiger partial charge in [0.25, 0.3) is 5.91 Å². The lowest BCUT2D eigenvalue weighted by Gasteiger charge is -2.27. The van der Waals surface area contributed by atoms with E-state index in [1.165, 1.54) is 38.2 Å². The largest absolute Gasteiger partial charge is 0.356 e. The molecule has 2 heterocycles. The molecule has 1 aliphatic carbocycles. The summed E-state index contributed by atoms with van der Waals surface area (Å²) >= 11 is 0. The third-order valence-corrected chi connectivity index (χ3v) is 5.89. The number of nitrogens with zero attached hydrogens (tertiary/aromatic N) is 1. The number of carbonyl (C=O) groups is 2. The second-order valence-electron chi connectivity index (χ2n) is 7.88. The number of rotatable bonds is 5. The van der Waals surface area contributed by atoms with Crippen molar-refractivity contribution in [1.29, 1.82) is 0 Å². The van der Waals surface area contributed by atoms with Gasteiger partial charge in [-0.15, -0.1) is 0 Å². The number of hydrogen-bond acceptors (Lipinski definition) is 2. The molecule has 2 amide bonds. The van der Waals surface area contributed by atoms with Crippen LogP contribution in [0.1, 0.15) is 55.1 Å². The van der Waals surface area contributed by atoms with Gasteiger partial charge in [-0.3, -0.25) is 9.59 Å². The molecule has 1 fully saturated rings. The van der Waals surface area contributed by atoms with Gasteiger partial charge < -0.3 is 15.2 Å². The zero-order valence-corrected chi connectivity index (χ0v) is 15.9. The van der Waals surface area contributed by atoms with E-state index in [2.05, 4.69) is 10.6 Å². The number of carbonyl (C=O) groups excluding carboxylic acids is 2.